The van der Waals surface area contributed by atoms with E-state index in [2.05, 4.69) is 6.92 Å². The van der Waals surface area contributed by atoms with Crippen LogP contribution < -0.4 is 0 Å². The lowest BCUT2D eigenvalue weighted by molar-refractivity contribution is -0.201. The highest BCUT2D eigenvalue weighted by Crippen LogP contribution is 2.20. The van der Waals surface area contributed by atoms with Crippen molar-refractivity contribution in [2.45, 2.75) is 52.2 Å². The molecule has 0 N–H and O–H groups in total. The second-order valence-corrected chi connectivity index (χ2v) is 4.32. The molecule has 1 rings (SSSR count). The van der Waals surface area contributed by atoms with E-state index in [9.17, 15) is 4.79 Å². The number of esters is 1. The summed E-state index contributed by atoms with van der Waals surface area (Å²) in [7, 11) is 0. The molecule has 0 aromatic heterocycles. The zero-order chi connectivity index (χ0) is 12.0. The van der Waals surface area contributed by atoms with Crippen LogP contribution in [0.2, 0.25) is 0 Å². The summed E-state index contributed by atoms with van der Waals surface area (Å²) in [5, 5.41) is 0. The number of hydrogen-bond donors (Lipinski definition) is 0. The van der Waals surface area contributed by atoms with Crippen LogP contribution in [0.15, 0.2) is 12.0 Å². The third kappa shape index (κ3) is 4.66. The second kappa shape index (κ2) is 5.89. The molecular weight excluding hydrogens is 208 g/mol. The van der Waals surface area contributed by atoms with Crippen LogP contribution in [0.4, 0.5) is 0 Å². The lowest BCUT2D eigenvalue weighted by atomic mass is 10.2. The molecule has 0 saturated carbocycles. The zero-order valence-corrected chi connectivity index (χ0v) is 10.2. The first-order chi connectivity index (χ1) is 7.53. The van der Waals surface area contributed by atoms with E-state index in [4.69, 9.17) is 14.2 Å². The Morgan fingerprint density at radius 1 is 1.50 bits per heavy atom. The standard InChI is InChI=1S/C12H20O4/c1-4-5-6-7-11(13)16-10-8-14-12(2,3)15-9-10/h8H,4-7,9H2,1-3H3. The second-order valence-electron chi connectivity index (χ2n) is 4.32. The van der Waals surface area contributed by atoms with Crippen LogP contribution in [0.3, 0.4) is 0 Å². The topological polar surface area (TPSA) is 44.8 Å². The average molecular weight is 228 g/mol. The maximum atomic E-state index is 11.4. The molecule has 92 valence electrons. The van der Waals surface area contributed by atoms with Crippen molar-refractivity contribution in [3.8, 4) is 0 Å². The van der Waals surface area contributed by atoms with E-state index in [1.54, 1.807) is 0 Å². The van der Waals surface area contributed by atoms with Gasteiger partial charge in [0, 0.05) is 20.3 Å². The van der Waals surface area contributed by atoms with E-state index in [1.807, 2.05) is 13.8 Å². The van der Waals surface area contributed by atoms with Crippen molar-refractivity contribution in [3.63, 3.8) is 0 Å². The minimum Gasteiger partial charge on any atom is -0.467 e. The van der Waals surface area contributed by atoms with E-state index >= 15 is 0 Å². The fraction of sp³-hybridized carbons (Fsp3) is 0.750. The van der Waals surface area contributed by atoms with E-state index < -0.39 is 5.79 Å². The first-order valence-corrected chi connectivity index (χ1v) is 5.75. The van der Waals surface area contributed by atoms with Gasteiger partial charge >= 0.3 is 5.97 Å². The zero-order valence-electron chi connectivity index (χ0n) is 10.2. The van der Waals surface area contributed by atoms with Gasteiger partial charge in [0.05, 0.1) is 0 Å². The van der Waals surface area contributed by atoms with Crippen LogP contribution >= 0.6 is 0 Å². The Morgan fingerprint density at radius 3 is 2.81 bits per heavy atom. The minimum absolute atomic E-state index is 0.216. The Bertz CT molecular complexity index is 268. The van der Waals surface area contributed by atoms with Gasteiger partial charge in [-0.15, -0.1) is 0 Å². The summed E-state index contributed by atoms with van der Waals surface area (Å²) in [6.07, 6.45) is 4.93. The third-order valence-corrected chi connectivity index (χ3v) is 2.27. The molecule has 0 fully saturated rings. The van der Waals surface area contributed by atoms with Crippen molar-refractivity contribution < 1.29 is 19.0 Å². The van der Waals surface area contributed by atoms with Gasteiger partial charge in [0.1, 0.15) is 12.9 Å². The van der Waals surface area contributed by atoms with E-state index in [1.165, 1.54) is 6.26 Å². The molecule has 1 heterocycles. The van der Waals surface area contributed by atoms with Crippen LogP contribution in [-0.2, 0) is 19.0 Å². The summed E-state index contributed by atoms with van der Waals surface area (Å²) in [6.45, 7) is 6.00. The normalized spacial score (nSPS) is 18.6. The molecule has 4 heteroatoms. The van der Waals surface area contributed by atoms with Gasteiger partial charge in [0.25, 0.3) is 0 Å². The highest BCUT2D eigenvalue weighted by atomic mass is 16.7. The molecule has 1 aliphatic rings. The Balaban J connectivity index is 2.27. The Morgan fingerprint density at radius 2 is 2.25 bits per heavy atom. The van der Waals surface area contributed by atoms with Crippen LogP contribution in [-0.4, -0.2) is 18.4 Å². The van der Waals surface area contributed by atoms with Crippen LogP contribution in [0.25, 0.3) is 0 Å². The summed E-state index contributed by atoms with van der Waals surface area (Å²) in [5.41, 5.74) is 0. The number of carbonyl (C=O) groups is 1. The molecule has 0 spiro atoms. The molecule has 0 aromatic rings. The van der Waals surface area contributed by atoms with Crippen molar-refractivity contribution in [2.24, 2.45) is 0 Å². The molecular formula is C12H20O4. The molecule has 0 radical (unpaired) electrons. The minimum atomic E-state index is -0.627. The van der Waals surface area contributed by atoms with Gasteiger partial charge in [0.15, 0.2) is 5.76 Å². The van der Waals surface area contributed by atoms with Gasteiger partial charge in [-0.3, -0.25) is 4.79 Å². The van der Waals surface area contributed by atoms with Crippen molar-refractivity contribution in [1.29, 1.82) is 0 Å². The first kappa shape index (κ1) is 13.0. The van der Waals surface area contributed by atoms with Crippen LogP contribution in [0, 0.1) is 0 Å². The van der Waals surface area contributed by atoms with E-state index in [0.29, 0.717) is 12.2 Å². The molecule has 4 nitrogen and oxygen atoms in total. The molecule has 0 bridgehead atoms. The first-order valence-electron chi connectivity index (χ1n) is 5.75. The van der Waals surface area contributed by atoms with Crippen LogP contribution in [0.1, 0.15) is 46.5 Å². The van der Waals surface area contributed by atoms with Gasteiger partial charge < -0.3 is 14.2 Å². The number of unbranched alkanes of at least 4 members (excludes halogenated alkanes) is 2. The lowest BCUT2D eigenvalue weighted by Crippen LogP contribution is -2.31. The predicted octanol–water partition coefficient (Wildman–Crippen LogP) is 2.73. The summed E-state index contributed by atoms with van der Waals surface area (Å²) in [4.78, 5) is 11.4. The highest BCUT2D eigenvalue weighted by Gasteiger charge is 2.25. The monoisotopic (exact) mass is 228 g/mol. The van der Waals surface area contributed by atoms with Gasteiger partial charge in [-0.1, -0.05) is 19.8 Å². The molecule has 16 heavy (non-hydrogen) atoms. The molecule has 1 aliphatic heterocycles. The van der Waals surface area contributed by atoms with E-state index in [0.717, 1.165) is 19.3 Å². The quantitative estimate of drug-likeness (QED) is 0.536. The molecule has 0 aliphatic carbocycles. The number of rotatable bonds is 5. The Labute approximate surface area is 96.6 Å². The fourth-order valence-electron chi connectivity index (χ4n) is 1.29. The van der Waals surface area contributed by atoms with Gasteiger partial charge in [0.2, 0.25) is 5.79 Å². The molecule has 0 atom stereocenters. The predicted molar refractivity (Wildman–Crippen MR) is 59.4 cm³/mol. The molecule has 0 aromatic carbocycles. The van der Waals surface area contributed by atoms with Crippen molar-refractivity contribution in [3.05, 3.63) is 12.0 Å². The number of hydrogen-bond acceptors (Lipinski definition) is 4. The molecule has 0 amide bonds. The summed E-state index contributed by atoms with van der Waals surface area (Å²) >= 11 is 0. The maximum Gasteiger partial charge on any atom is 0.311 e. The molecule has 0 unspecified atom stereocenters. The maximum absolute atomic E-state index is 11.4. The summed E-state index contributed by atoms with van der Waals surface area (Å²) in [5.74, 6) is -0.398. The van der Waals surface area contributed by atoms with E-state index in [-0.39, 0.29) is 12.6 Å². The van der Waals surface area contributed by atoms with Crippen LogP contribution in [0.5, 0.6) is 0 Å². The van der Waals surface area contributed by atoms with Crippen molar-refractivity contribution in [1.82, 2.24) is 0 Å². The van der Waals surface area contributed by atoms with Gasteiger partial charge in [-0.2, -0.15) is 0 Å². The van der Waals surface area contributed by atoms with Gasteiger partial charge in [-0.25, -0.2) is 0 Å². The largest absolute Gasteiger partial charge is 0.467 e. The summed E-state index contributed by atoms with van der Waals surface area (Å²) < 4.78 is 15.7. The molecule has 0 saturated heterocycles. The fourth-order valence-corrected chi connectivity index (χ4v) is 1.29. The van der Waals surface area contributed by atoms with Crippen molar-refractivity contribution in [2.75, 3.05) is 6.61 Å². The Kier molecular flexibility index (Phi) is 4.80. The SMILES string of the molecule is CCCCCC(=O)OC1=COC(C)(C)OC1. The summed E-state index contributed by atoms with van der Waals surface area (Å²) in [6, 6.07) is 0. The van der Waals surface area contributed by atoms with Gasteiger partial charge in [-0.05, 0) is 6.42 Å². The van der Waals surface area contributed by atoms with Crippen molar-refractivity contribution >= 4 is 5.97 Å². The Hall–Kier alpha value is -1.03. The average Bonchev–Trinajstić information content (AvgIpc) is 2.22. The smallest absolute Gasteiger partial charge is 0.311 e. The lowest BCUT2D eigenvalue weighted by Gasteiger charge is -2.29. The number of carbonyl (C=O) groups excluding carboxylic acids is 1. The third-order valence-electron chi connectivity index (χ3n) is 2.27. The highest BCUT2D eigenvalue weighted by molar-refractivity contribution is 5.70. The number of ether oxygens (including phenoxy) is 3.